The van der Waals surface area contributed by atoms with Crippen molar-refractivity contribution >= 4 is 0 Å². The Morgan fingerprint density at radius 3 is 2.64 bits per heavy atom. The van der Waals surface area contributed by atoms with Gasteiger partial charge in [-0.15, -0.1) is 0 Å². The molecule has 0 atom stereocenters. The van der Waals surface area contributed by atoms with Gasteiger partial charge >= 0.3 is 0 Å². The summed E-state index contributed by atoms with van der Waals surface area (Å²) < 4.78 is 0. The summed E-state index contributed by atoms with van der Waals surface area (Å²) in [5.41, 5.74) is 0. The highest BCUT2D eigenvalue weighted by molar-refractivity contribution is 5.09. The highest BCUT2D eigenvalue weighted by atomic mass is 15.2. The van der Waals surface area contributed by atoms with Gasteiger partial charge in [0.25, 0.3) is 0 Å². The molecule has 1 heterocycles. The molecule has 11 heavy (non-hydrogen) atoms. The number of nitrogens with zero attached hydrogens (tertiary/aromatic N) is 2. The normalized spacial score (nSPS) is 20.1. The van der Waals surface area contributed by atoms with Gasteiger partial charge in [0.1, 0.15) is 6.04 Å². The van der Waals surface area contributed by atoms with Gasteiger partial charge in [0.2, 0.25) is 0 Å². The van der Waals surface area contributed by atoms with Crippen molar-refractivity contribution in [2.24, 2.45) is 0 Å². The Labute approximate surface area is 68.0 Å². The Morgan fingerprint density at radius 2 is 2.18 bits per heavy atom. The summed E-state index contributed by atoms with van der Waals surface area (Å²) in [7, 11) is 0. The molecule has 0 spiro atoms. The summed E-state index contributed by atoms with van der Waals surface area (Å²) >= 11 is 0. The SMILES string of the molecule is CC[C](C#N)N1CCNCC1. The Hall–Kier alpha value is -0.590. The summed E-state index contributed by atoms with van der Waals surface area (Å²) in [6.45, 7) is 6.00. The molecule has 3 nitrogen and oxygen atoms in total. The Balaban J connectivity index is 2.38. The molecule has 0 amide bonds. The number of nitriles is 1. The third-order valence-electron chi connectivity index (χ3n) is 1.96. The van der Waals surface area contributed by atoms with Crippen LogP contribution in [0.3, 0.4) is 0 Å². The van der Waals surface area contributed by atoms with E-state index in [4.69, 9.17) is 5.26 Å². The molecule has 1 aliphatic heterocycles. The lowest BCUT2D eigenvalue weighted by atomic mass is 10.2. The molecule has 3 heteroatoms. The van der Waals surface area contributed by atoms with E-state index in [1.165, 1.54) is 0 Å². The first kappa shape index (κ1) is 8.51. The zero-order chi connectivity index (χ0) is 8.10. The highest BCUT2D eigenvalue weighted by Gasteiger charge is 2.18. The van der Waals surface area contributed by atoms with Gasteiger partial charge in [-0.1, -0.05) is 6.92 Å². The van der Waals surface area contributed by atoms with Crippen molar-refractivity contribution in [1.82, 2.24) is 10.2 Å². The number of hydrogen-bond donors (Lipinski definition) is 1. The minimum Gasteiger partial charge on any atom is -0.314 e. The van der Waals surface area contributed by atoms with E-state index in [0.717, 1.165) is 38.6 Å². The zero-order valence-electron chi connectivity index (χ0n) is 6.93. The van der Waals surface area contributed by atoms with Crippen molar-refractivity contribution in [2.45, 2.75) is 13.3 Å². The Kier molecular flexibility index (Phi) is 3.34. The maximum Gasteiger partial charge on any atom is 0.141 e. The van der Waals surface area contributed by atoms with Crippen molar-refractivity contribution in [1.29, 1.82) is 5.26 Å². The monoisotopic (exact) mass is 152 g/mol. The first-order valence-corrected chi connectivity index (χ1v) is 4.10. The molecule has 0 unspecified atom stereocenters. The number of nitrogens with one attached hydrogen (secondary N) is 1. The third-order valence-corrected chi connectivity index (χ3v) is 1.96. The highest BCUT2D eigenvalue weighted by Crippen LogP contribution is 2.11. The van der Waals surface area contributed by atoms with E-state index in [1.54, 1.807) is 0 Å². The Bertz CT molecular complexity index is 144. The average Bonchev–Trinajstić information content (AvgIpc) is 2.09. The van der Waals surface area contributed by atoms with Gasteiger partial charge in [-0.2, -0.15) is 5.26 Å². The lowest BCUT2D eigenvalue weighted by molar-refractivity contribution is 0.261. The second-order valence-electron chi connectivity index (χ2n) is 2.65. The van der Waals surface area contributed by atoms with Gasteiger partial charge in [-0.3, -0.25) is 4.90 Å². The summed E-state index contributed by atoms with van der Waals surface area (Å²) in [5.74, 6) is 0. The van der Waals surface area contributed by atoms with Gasteiger partial charge in [-0.25, -0.2) is 0 Å². The number of piperazine rings is 1. The van der Waals surface area contributed by atoms with E-state index >= 15 is 0 Å². The standard InChI is InChI=1S/C8H14N3/c1-2-8(7-9)11-5-3-10-4-6-11/h10H,2-6H2,1H3. The number of hydrogen-bond acceptors (Lipinski definition) is 3. The predicted molar refractivity (Wildman–Crippen MR) is 43.6 cm³/mol. The van der Waals surface area contributed by atoms with Crippen molar-refractivity contribution in [2.75, 3.05) is 26.2 Å². The van der Waals surface area contributed by atoms with E-state index in [0.29, 0.717) is 0 Å². The average molecular weight is 152 g/mol. The van der Waals surface area contributed by atoms with Gasteiger partial charge in [0, 0.05) is 26.2 Å². The lowest BCUT2D eigenvalue weighted by Gasteiger charge is -2.29. The fourth-order valence-corrected chi connectivity index (χ4v) is 1.31. The molecule has 0 bridgehead atoms. The molecular formula is C8H14N3. The van der Waals surface area contributed by atoms with Crippen LogP contribution in [0.25, 0.3) is 0 Å². The second-order valence-corrected chi connectivity index (χ2v) is 2.65. The Morgan fingerprint density at radius 1 is 1.55 bits per heavy atom. The van der Waals surface area contributed by atoms with Crippen LogP contribution in [-0.4, -0.2) is 31.1 Å². The van der Waals surface area contributed by atoms with Gasteiger partial charge in [-0.05, 0) is 6.42 Å². The summed E-state index contributed by atoms with van der Waals surface area (Å²) in [4.78, 5) is 2.16. The van der Waals surface area contributed by atoms with Crippen molar-refractivity contribution in [3.05, 3.63) is 6.04 Å². The quantitative estimate of drug-likeness (QED) is 0.621. The van der Waals surface area contributed by atoms with E-state index in [1.807, 2.05) is 6.92 Å². The molecule has 0 saturated carbocycles. The molecular weight excluding hydrogens is 138 g/mol. The van der Waals surface area contributed by atoms with Crippen LogP contribution in [0, 0.1) is 17.4 Å². The summed E-state index contributed by atoms with van der Waals surface area (Å²) in [6, 6.07) is 3.16. The van der Waals surface area contributed by atoms with Crippen LogP contribution in [0.4, 0.5) is 0 Å². The van der Waals surface area contributed by atoms with Gasteiger partial charge in [0.05, 0.1) is 6.07 Å². The van der Waals surface area contributed by atoms with Crippen LogP contribution in [0.1, 0.15) is 13.3 Å². The fraction of sp³-hybridized carbons (Fsp3) is 0.750. The molecule has 1 fully saturated rings. The first-order chi connectivity index (χ1) is 5.38. The predicted octanol–water partition coefficient (Wildman–Crippen LogP) is 0.357. The maximum absolute atomic E-state index is 8.73. The molecule has 0 aliphatic carbocycles. The summed E-state index contributed by atoms with van der Waals surface area (Å²) in [5, 5.41) is 12.0. The molecule has 1 aliphatic rings. The van der Waals surface area contributed by atoms with Crippen LogP contribution in [-0.2, 0) is 0 Å². The second kappa shape index (κ2) is 4.32. The summed E-state index contributed by atoms with van der Waals surface area (Å²) in [6.07, 6.45) is 0.858. The number of rotatable bonds is 2. The van der Waals surface area contributed by atoms with Crippen LogP contribution < -0.4 is 5.32 Å². The van der Waals surface area contributed by atoms with Gasteiger partial charge in [0.15, 0.2) is 0 Å². The molecule has 0 aromatic carbocycles. The minimum atomic E-state index is 0.858. The van der Waals surface area contributed by atoms with Crippen LogP contribution in [0.2, 0.25) is 0 Å². The van der Waals surface area contributed by atoms with Gasteiger partial charge < -0.3 is 5.32 Å². The lowest BCUT2D eigenvalue weighted by Crippen LogP contribution is -2.44. The first-order valence-electron chi connectivity index (χ1n) is 4.10. The fourth-order valence-electron chi connectivity index (χ4n) is 1.31. The van der Waals surface area contributed by atoms with E-state index < -0.39 is 0 Å². The van der Waals surface area contributed by atoms with E-state index in [-0.39, 0.29) is 0 Å². The molecule has 61 valence electrons. The largest absolute Gasteiger partial charge is 0.314 e. The van der Waals surface area contributed by atoms with Crippen molar-refractivity contribution < 1.29 is 0 Å². The van der Waals surface area contributed by atoms with Crippen molar-refractivity contribution in [3.8, 4) is 6.07 Å². The zero-order valence-corrected chi connectivity index (χ0v) is 6.93. The molecule has 0 aromatic rings. The minimum absolute atomic E-state index is 0.858. The van der Waals surface area contributed by atoms with E-state index in [2.05, 4.69) is 16.3 Å². The molecule has 0 aromatic heterocycles. The smallest absolute Gasteiger partial charge is 0.141 e. The molecule has 1 rings (SSSR count). The topological polar surface area (TPSA) is 39.1 Å². The third kappa shape index (κ3) is 2.18. The van der Waals surface area contributed by atoms with E-state index in [9.17, 15) is 0 Å². The van der Waals surface area contributed by atoms with Crippen LogP contribution in [0.5, 0.6) is 0 Å². The van der Waals surface area contributed by atoms with Crippen LogP contribution >= 0.6 is 0 Å². The molecule has 1 radical (unpaired) electrons. The van der Waals surface area contributed by atoms with Crippen LogP contribution in [0.15, 0.2) is 0 Å². The van der Waals surface area contributed by atoms with Crippen molar-refractivity contribution in [3.63, 3.8) is 0 Å². The maximum atomic E-state index is 8.73. The molecule has 1 N–H and O–H groups in total. The molecule has 1 saturated heterocycles.